The average molecular weight is 516 g/mol. The van der Waals surface area contributed by atoms with Crippen LogP contribution in [0.15, 0.2) is 65.5 Å². The monoisotopic (exact) mass is 515 g/mol. The summed E-state index contributed by atoms with van der Waals surface area (Å²) in [5.41, 5.74) is 5.22. The first kappa shape index (κ1) is 23.8. The van der Waals surface area contributed by atoms with Crippen LogP contribution in [-0.2, 0) is 32.9 Å². The van der Waals surface area contributed by atoms with E-state index in [1.54, 1.807) is 17.6 Å². The lowest BCUT2D eigenvalue weighted by Gasteiger charge is -2.18. The van der Waals surface area contributed by atoms with E-state index >= 15 is 0 Å². The van der Waals surface area contributed by atoms with Crippen molar-refractivity contribution in [1.29, 1.82) is 0 Å². The topological polar surface area (TPSA) is 133 Å². The number of nitrogens with one attached hydrogen (secondary N) is 2. The first-order chi connectivity index (χ1) is 16.4. The molecular weight excluding hydrogens is 496 g/mol. The summed E-state index contributed by atoms with van der Waals surface area (Å²) in [6.07, 6.45) is 0.522. The van der Waals surface area contributed by atoms with Gasteiger partial charge < -0.3 is 14.6 Å². The Morgan fingerprint density at radius 2 is 1.85 bits per heavy atom. The molecule has 0 saturated heterocycles. The molecule has 2 aromatic carbocycles. The maximum absolute atomic E-state index is 10.9. The molecule has 12 heteroatoms. The Kier molecular flexibility index (Phi) is 7.53. The lowest BCUT2D eigenvalue weighted by atomic mass is 10.0. The van der Waals surface area contributed by atoms with Crippen molar-refractivity contribution < 1.29 is 22.5 Å². The summed E-state index contributed by atoms with van der Waals surface area (Å²) in [7, 11) is -4.59. The van der Waals surface area contributed by atoms with Gasteiger partial charge in [-0.15, -0.1) is 22.7 Å². The minimum Gasteiger partial charge on any atom is -0.731 e. The molecule has 2 heterocycles. The summed E-state index contributed by atoms with van der Waals surface area (Å²) in [4.78, 5) is 19.7. The maximum atomic E-state index is 10.9. The second-order valence-corrected chi connectivity index (χ2v) is 9.96. The van der Waals surface area contributed by atoms with Crippen LogP contribution in [0.1, 0.15) is 23.0 Å². The minimum absolute atomic E-state index is 0.0540. The van der Waals surface area contributed by atoms with Gasteiger partial charge in [0, 0.05) is 16.6 Å². The fourth-order valence-electron chi connectivity index (χ4n) is 3.24. The number of rotatable bonds is 11. The Labute approximate surface area is 204 Å². The second kappa shape index (κ2) is 10.7. The predicted molar refractivity (Wildman–Crippen MR) is 130 cm³/mol. The van der Waals surface area contributed by atoms with E-state index in [1.165, 1.54) is 34.8 Å². The standard InChI is InChI=1S/C22H20N4O5S3/c27-14-31-11-19-22(33-13-23-19)24-18(10-15-6-8-17(9-7-15)26-34(28,29)30)20-12-32-21(25-20)16-4-2-1-3-5-16/h1-9,12-14,18,24,26H,10-11H2,(H,28,29,30)/p-1/t18-/m0/s1. The first-order valence-electron chi connectivity index (χ1n) is 9.99. The van der Waals surface area contributed by atoms with Crippen molar-refractivity contribution in [2.75, 3.05) is 10.0 Å². The third-order valence-corrected chi connectivity index (χ3v) is 6.97. The Bertz CT molecular complexity index is 1340. The Balaban J connectivity index is 1.60. The number of hydrogen-bond donors (Lipinski definition) is 2. The van der Waals surface area contributed by atoms with Crippen LogP contribution in [0, 0.1) is 0 Å². The van der Waals surface area contributed by atoms with Crippen LogP contribution in [0.4, 0.5) is 10.7 Å². The molecule has 0 amide bonds. The highest BCUT2D eigenvalue weighted by Gasteiger charge is 2.19. The summed E-state index contributed by atoms with van der Waals surface area (Å²) in [6.45, 7) is 0.434. The SMILES string of the molecule is O=COCc1ncsc1N[C@@H](Cc1ccc(NS(=O)(=O)[O-])cc1)c1csc(-c2ccccc2)n1. The highest BCUT2D eigenvalue weighted by Crippen LogP contribution is 2.32. The third-order valence-electron chi connectivity index (χ3n) is 4.77. The molecule has 0 unspecified atom stereocenters. The molecule has 176 valence electrons. The largest absolute Gasteiger partial charge is 0.731 e. The number of carbonyl (C=O) groups is 1. The van der Waals surface area contributed by atoms with E-state index in [9.17, 15) is 17.8 Å². The number of aromatic nitrogens is 2. The van der Waals surface area contributed by atoms with Crippen LogP contribution in [0.25, 0.3) is 10.6 Å². The molecule has 0 aliphatic heterocycles. The number of benzene rings is 2. The van der Waals surface area contributed by atoms with E-state index in [-0.39, 0.29) is 18.3 Å². The van der Waals surface area contributed by atoms with Crippen LogP contribution in [0.3, 0.4) is 0 Å². The van der Waals surface area contributed by atoms with E-state index < -0.39 is 10.3 Å². The molecule has 0 saturated carbocycles. The number of carbonyl (C=O) groups excluding carboxylic acids is 1. The average Bonchev–Trinajstić information content (AvgIpc) is 3.48. The zero-order valence-electron chi connectivity index (χ0n) is 17.6. The molecular formula is C22H19N4O5S3-. The summed E-state index contributed by atoms with van der Waals surface area (Å²) in [5, 5.41) is 7.10. The van der Waals surface area contributed by atoms with Gasteiger partial charge in [0.2, 0.25) is 0 Å². The van der Waals surface area contributed by atoms with E-state index in [0.29, 0.717) is 18.6 Å². The summed E-state index contributed by atoms with van der Waals surface area (Å²) >= 11 is 2.93. The second-order valence-electron chi connectivity index (χ2n) is 7.13. The smallest absolute Gasteiger partial charge is 0.293 e. The van der Waals surface area contributed by atoms with Crippen LogP contribution < -0.4 is 10.0 Å². The van der Waals surface area contributed by atoms with Crippen molar-refractivity contribution in [3.8, 4) is 10.6 Å². The minimum atomic E-state index is -4.59. The van der Waals surface area contributed by atoms with E-state index in [2.05, 4.69) is 10.3 Å². The van der Waals surface area contributed by atoms with Crippen LogP contribution in [0.5, 0.6) is 0 Å². The van der Waals surface area contributed by atoms with Gasteiger partial charge in [-0.1, -0.05) is 42.5 Å². The van der Waals surface area contributed by atoms with Crippen LogP contribution in [0.2, 0.25) is 0 Å². The van der Waals surface area contributed by atoms with Gasteiger partial charge in [0.15, 0.2) is 10.3 Å². The lowest BCUT2D eigenvalue weighted by Crippen LogP contribution is -2.15. The quantitative estimate of drug-likeness (QED) is 0.224. The molecule has 0 bridgehead atoms. The number of thiazole rings is 2. The highest BCUT2D eigenvalue weighted by molar-refractivity contribution is 7.87. The van der Waals surface area contributed by atoms with Gasteiger partial charge in [0.25, 0.3) is 6.47 Å². The molecule has 4 rings (SSSR count). The van der Waals surface area contributed by atoms with Crippen molar-refractivity contribution in [3.05, 3.63) is 82.4 Å². The molecule has 9 nitrogen and oxygen atoms in total. The van der Waals surface area contributed by atoms with Crippen molar-refractivity contribution in [1.82, 2.24) is 9.97 Å². The van der Waals surface area contributed by atoms with E-state index in [4.69, 9.17) is 9.72 Å². The van der Waals surface area contributed by atoms with Gasteiger partial charge in [0.05, 0.1) is 17.2 Å². The fourth-order valence-corrected chi connectivity index (χ4v) is 5.29. The van der Waals surface area contributed by atoms with Gasteiger partial charge in [-0.3, -0.25) is 9.52 Å². The Morgan fingerprint density at radius 3 is 2.56 bits per heavy atom. The molecule has 1 atom stereocenters. The molecule has 34 heavy (non-hydrogen) atoms. The zero-order valence-corrected chi connectivity index (χ0v) is 20.0. The van der Waals surface area contributed by atoms with Crippen molar-refractivity contribution in [3.63, 3.8) is 0 Å². The third kappa shape index (κ3) is 6.38. The summed E-state index contributed by atoms with van der Waals surface area (Å²) in [6, 6.07) is 16.2. The maximum Gasteiger partial charge on any atom is 0.293 e. The molecule has 4 aromatic rings. The van der Waals surface area contributed by atoms with Crippen molar-refractivity contribution in [2.24, 2.45) is 0 Å². The molecule has 0 aliphatic carbocycles. The fraction of sp³-hybridized carbons (Fsp3) is 0.136. The van der Waals surface area contributed by atoms with Crippen LogP contribution in [-0.4, -0.2) is 29.4 Å². The van der Waals surface area contributed by atoms with Gasteiger partial charge in [0.1, 0.15) is 22.3 Å². The molecule has 0 aliphatic rings. The van der Waals surface area contributed by atoms with Gasteiger partial charge in [-0.2, -0.15) is 0 Å². The normalized spacial score (nSPS) is 12.1. The molecule has 2 N–H and O–H groups in total. The summed E-state index contributed by atoms with van der Waals surface area (Å²) < 4.78 is 39.6. The van der Waals surface area contributed by atoms with Crippen LogP contribution >= 0.6 is 22.7 Å². The molecule has 2 aromatic heterocycles. The predicted octanol–water partition coefficient (Wildman–Crippen LogP) is 4.21. The van der Waals surface area contributed by atoms with Gasteiger partial charge in [-0.25, -0.2) is 18.4 Å². The Morgan fingerprint density at radius 1 is 1.09 bits per heavy atom. The Hall–Kier alpha value is -3.32. The van der Waals surface area contributed by atoms with Crippen molar-refractivity contribution >= 4 is 50.1 Å². The van der Waals surface area contributed by atoms with Crippen molar-refractivity contribution in [2.45, 2.75) is 19.1 Å². The highest BCUT2D eigenvalue weighted by atomic mass is 32.2. The van der Waals surface area contributed by atoms with Gasteiger partial charge >= 0.3 is 0 Å². The molecule has 0 radical (unpaired) electrons. The van der Waals surface area contributed by atoms with Gasteiger partial charge in [-0.05, 0) is 24.1 Å². The molecule has 0 spiro atoms. The van der Waals surface area contributed by atoms with E-state index in [1.807, 2.05) is 40.4 Å². The lowest BCUT2D eigenvalue weighted by molar-refractivity contribution is -0.129. The number of nitrogens with zero attached hydrogens (tertiary/aromatic N) is 2. The molecule has 0 fully saturated rings. The first-order valence-corrected chi connectivity index (χ1v) is 13.2. The number of anilines is 2. The number of ether oxygens (including phenoxy) is 1. The zero-order chi connectivity index (χ0) is 24.0. The summed E-state index contributed by atoms with van der Waals surface area (Å²) in [5.74, 6) is 0. The van der Waals surface area contributed by atoms with E-state index in [0.717, 1.165) is 26.8 Å². The number of hydrogen-bond acceptors (Lipinski definition) is 10.